The van der Waals surface area contributed by atoms with Crippen molar-refractivity contribution in [1.29, 1.82) is 0 Å². The highest BCUT2D eigenvalue weighted by Gasteiger charge is 2.53. The van der Waals surface area contributed by atoms with Crippen molar-refractivity contribution in [3.8, 4) is 0 Å². The molecular weight excluding hydrogens is 228 g/mol. The number of rotatable bonds is 3. The fourth-order valence-corrected chi connectivity index (χ4v) is 5.73. The molecule has 0 radical (unpaired) electrons. The molecule has 0 aromatic rings. The number of nitrogens with two attached hydrogens (primary N) is 1. The molecule has 4 unspecified atom stereocenters. The first-order chi connectivity index (χ1) is 8.28. The smallest absolute Gasteiger partial charge is 0.0363 e. The standard InChI is InChI=1S/C14H26N2S/c1-2-13-9-16(5-6-17-13)14(10-15)8-11-3-4-12(14)7-11/h11-13H,2-10,15H2,1H3. The Labute approximate surface area is 110 Å². The Bertz CT molecular complexity index is 283. The quantitative estimate of drug-likeness (QED) is 0.838. The minimum atomic E-state index is 0.400. The normalized spacial score (nSPS) is 46.6. The van der Waals surface area contributed by atoms with Crippen LogP contribution in [0.4, 0.5) is 0 Å². The van der Waals surface area contributed by atoms with E-state index < -0.39 is 0 Å². The largest absolute Gasteiger partial charge is 0.329 e. The second-order valence-corrected chi connectivity index (χ2v) is 7.64. The van der Waals surface area contributed by atoms with Crippen LogP contribution in [0, 0.1) is 11.8 Å². The highest BCUT2D eigenvalue weighted by atomic mass is 32.2. The van der Waals surface area contributed by atoms with Gasteiger partial charge in [-0.05, 0) is 37.5 Å². The number of thioether (sulfide) groups is 1. The Morgan fingerprint density at radius 2 is 2.29 bits per heavy atom. The van der Waals surface area contributed by atoms with Crippen molar-refractivity contribution >= 4 is 11.8 Å². The van der Waals surface area contributed by atoms with Gasteiger partial charge >= 0.3 is 0 Å². The predicted molar refractivity (Wildman–Crippen MR) is 75.3 cm³/mol. The predicted octanol–water partition coefficient (Wildman–Crippen LogP) is 2.33. The molecule has 0 aromatic heterocycles. The molecule has 2 saturated carbocycles. The van der Waals surface area contributed by atoms with Crippen molar-refractivity contribution in [3.63, 3.8) is 0 Å². The summed E-state index contributed by atoms with van der Waals surface area (Å²) < 4.78 is 0. The Kier molecular flexibility index (Phi) is 3.44. The van der Waals surface area contributed by atoms with E-state index >= 15 is 0 Å². The van der Waals surface area contributed by atoms with E-state index in [1.165, 1.54) is 50.9 Å². The lowest BCUT2D eigenvalue weighted by molar-refractivity contribution is 0.0443. The molecule has 1 aliphatic heterocycles. The molecule has 0 aromatic carbocycles. The van der Waals surface area contributed by atoms with Gasteiger partial charge in [-0.2, -0.15) is 11.8 Å². The molecule has 3 heteroatoms. The molecule has 3 rings (SSSR count). The molecule has 1 saturated heterocycles. The van der Waals surface area contributed by atoms with Crippen molar-refractivity contribution in [2.24, 2.45) is 17.6 Å². The molecule has 2 N–H and O–H groups in total. The van der Waals surface area contributed by atoms with Crippen molar-refractivity contribution in [3.05, 3.63) is 0 Å². The van der Waals surface area contributed by atoms with Gasteiger partial charge in [0.15, 0.2) is 0 Å². The van der Waals surface area contributed by atoms with E-state index in [4.69, 9.17) is 5.73 Å². The molecule has 2 bridgehead atoms. The van der Waals surface area contributed by atoms with Gasteiger partial charge in [0, 0.05) is 36.2 Å². The Morgan fingerprint density at radius 3 is 2.88 bits per heavy atom. The highest BCUT2D eigenvalue weighted by molar-refractivity contribution is 8.00. The molecule has 98 valence electrons. The van der Waals surface area contributed by atoms with E-state index in [-0.39, 0.29) is 0 Å². The summed E-state index contributed by atoms with van der Waals surface area (Å²) in [4.78, 5) is 2.79. The molecular formula is C14H26N2S. The number of fused-ring (bicyclic) bond motifs is 2. The second-order valence-electron chi connectivity index (χ2n) is 6.23. The lowest BCUT2D eigenvalue weighted by atomic mass is 9.79. The molecule has 1 heterocycles. The van der Waals surface area contributed by atoms with E-state index in [0.717, 1.165) is 23.6 Å². The molecule has 17 heavy (non-hydrogen) atoms. The zero-order chi connectivity index (χ0) is 11.9. The Hall–Kier alpha value is 0.270. The van der Waals surface area contributed by atoms with Gasteiger partial charge in [-0.25, -0.2) is 0 Å². The number of hydrogen-bond donors (Lipinski definition) is 1. The van der Waals surface area contributed by atoms with Gasteiger partial charge in [0.25, 0.3) is 0 Å². The second kappa shape index (κ2) is 4.75. The summed E-state index contributed by atoms with van der Waals surface area (Å²) in [7, 11) is 0. The topological polar surface area (TPSA) is 29.3 Å². The van der Waals surface area contributed by atoms with Gasteiger partial charge in [0.2, 0.25) is 0 Å². The summed E-state index contributed by atoms with van der Waals surface area (Å²) in [6.45, 7) is 5.80. The maximum Gasteiger partial charge on any atom is 0.0363 e. The van der Waals surface area contributed by atoms with Crippen LogP contribution in [0.2, 0.25) is 0 Å². The zero-order valence-corrected chi connectivity index (χ0v) is 11.8. The first-order valence-corrected chi connectivity index (χ1v) is 8.40. The first kappa shape index (κ1) is 12.3. The minimum absolute atomic E-state index is 0.400. The first-order valence-electron chi connectivity index (χ1n) is 7.35. The van der Waals surface area contributed by atoms with E-state index in [1.54, 1.807) is 0 Å². The van der Waals surface area contributed by atoms with Crippen molar-refractivity contribution in [2.75, 3.05) is 25.4 Å². The van der Waals surface area contributed by atoms with Crippen LogP contribution in [0.5, 0.6) is 0 Å². The van der Waals surface area contributed by atoms with Crippen molar-refractivity contribution in [2.45, 2.75) is 49.8 Å². The van der Waals surface area contributed by atoms with Crippen LogP contribution in [0.1, 0.15) is 39.0 Å². The van der Waals surface area contributed by atoms with E-state index in [9.17, 15) is 0 Å². The van der Waals surface area contributed by atoms with Gasteiger partial charge in [0.05, 0.1) is 0 Å². The van der Waals surface area contributed by atoms with Crippen LogP contribution in [-0.4, -0.2) is 41.1 Å². The van der Waals surface area contributed by atoms with Gasteiger partial charge in [0.1, 0.15) is 0 Å². The Balaban J connectivity index is 1.76. The SMILES string of the molecule is CCC1CN(C2(CN)CC3CCC2C3)CCS1. The monoisotopic (exact) mass is 254 g/mol. The van der Waals surface area contributed by atoms with E-state index in [1.807, 2.05) is 0 Å². The summed E-state index contributed by atoms with van der Waals surface area (Å²) in [5.41, 5.74) is 6.62. The maximum absolute atomic E-state index is 6.22. The van der Waals surface area contributed by atoms with Gasteiger partial charge in [-0.15, -0.1) is 0 Å². The molecule has 3 fully saturated rings. The summed E-state index contributed by atoms with van der Waals surface area (Å²) in [6.07, 6.45) is 7.11. The fraction of sp³-hybridized carbons (Fsp3) is 1.00. The van der Waals surface area contributed by atoms with Crippen LogP contribution < -0.4 is 5.73 Å². The number of nitrogens with zero attached hydrogens (tertiary/aromatic N) is 1. The lowest BCUT2D eigenvalue weighted by Gasteiger charge is -2.49. The van der Waals surface area contributed by atoms with Crippen molar-refractivity contribution < 1.29 is 0 Å². The minimum Gasteiger partial charge on any atom is -0.329 e. The average molecular weight is 254 g/mol. The van der Waals surface area contributed by atoms with Crippen LogP contribution in [0.25, 0.3) is 0 Å². The van der Waals surface area contributed by atoms with Gasteiger partial charge in [-0.3, -0.25) is 4.90 Å². The summed E-state index contributed by atoms with van der Waals surface area (Å²) in [5.74, 6) is 3.23. The van der Waals surface area contributed by atoms with Gasteiger partial charge in [-0.1, -0.05) is 13.3 Å². The van der Waals surface area contributed by atoms with Crippen LogP contribution in [0.3, 0.4) is 0 Å². The highest BCUT2D eigenvalue weighted by Crippen LogP contribution is 2.53. The van der Waals surface area contributed by atoms with Crippen molar-refractivity contribution in [1.82, 2.24) is 4.90 Å². The Morgan fingerprint density at radius 1 is 1.41 bits per heavy atom. The van der Waals surface area contributed by atoms with Crippen LogP contribution in [0.15, 0.2) is 0 Å². The third-order valence-electron chi connectivity index (χ3n) is 5.52. The molecule has 3 aliphatic rings. The molecule has 2 aliphatic carbocycles. The third kappa shape index (κ3) is 1.95. The maximum atomic E-state index is 6.22. The molecule has 4 atom stereocenters. The van der Waals surface area contributed by atoms with Crippen LogP contribution >= 0.6 is 11.8 Å². The van der Waals surface area contributed by atoms with Gasteiger partial charge < -0.3 is 5.73 Å². The molecule has 2 nitrogen and oxygen atoms in total. The summed E-state index contributed by atoms with van der Waals surface area (Å²) in [5, 5.41) is 0.853. The zero-order valence-electron chi connectivity index (χ0n) is 11.0. The van der Waals surface area contributed by atoms with E-state index in [2.05, 4.69) is 23.6 Å². The average Bonchev–Trinajstić information content (AvgIpc) is 2.99. The van der Waals surface area contributed by atoms with E-state index in [0.29, 0.717) is 5.54 Å². The summed E-state index contributed by atoms with van der Waals surface area (Å²) in [6, 6.07) is 0. The lowest BCUT2D eigenvalue weighted by Crippen LogP contribution is -2.60. The molecule has 0 spiro atoms. The van der Waals surface area contributed by atoms with Crippen LogP contribution in [-0.2, 0) is 0 Å². The summed E-state index contributed by atoms with van der Waals surface area (Å²) >= 11 is 2.17. The molecule has 0 amide bonds. The third-order valence-corrected chi connectivity index (χ3v) is 6.89. The fourth-order valence-electron chi connectivity index (χ4n) is 4.55. The number of hydrogen-bond acceptors (Lipinski definition) is 3.